The molecule has 262 valence electrons. The SMILES string of the molecule is COc1cc(C(=O)N(C)CC(CCN2CCC(Nc3nc4ccccc4n3Cc3ccncc3)CC2)c2cccc(Cl)c2)cc(OC)c1OC. The van der Waals surface area contributed by atoms with Gasteiger partial charge in [0.2, 0.25) is 11.7 Å². The summed E-state index contributed by atoms with van der Waals surface area (Å²) in [5.41, 5.74) is 4.88. The number of rotatable bonds is 14. The maximum Gasteiger partial charge on any atom is 0.253 e. The number of amides is 1. The van der Waals surface area contributed by atoms with Gasteiger partial charge in [-0.15, -0.1) is 0 Å². The number of anilines is 1. The van der Waals surface area contributed by atoms with Gasteiger partial charge in [-0.3, -0.25) is 9.78 Å². The Balaban J connectivity index is 1.10. The third kappa shape index (κ3) is 8.14. The van der Waals surface area contributed by atoms with Gasteiger partial charge >= 0.3 is 0 Å². The van der Waals surface area contributed by atoms with Crippen molar-refractivity contribution in [3.05, 3.63) is 107 Å². The molecule has 0 aliphatic carbocycles. The van der Waals surface area contributed by atoms with E-state index in [0.29, 0.717) is 40.4 Å². The number of methoxy groups -OCH3 is 3. The molecule has 6 rings (SSSR count). The lowest BCUT2D eigenvalue weighted by Gasteiger charge is -2.34. The fraction of sp³-hybridized carbons (Fsp3) is 0.359. The largest absolute Gasteiger partial charge is 0.493 e. The highest BCUT2D eigenvalue weighted by Crippen LogP contribution is 2.38. The van der Waals surface area contributed by atoms with Crippen molar-refractivity contribution in [3.8, 4) is 17.2 Å². The van der Waals surface area contributed by atoms with Crippen LogP contribution in [-0.2, 0) is 6.54 Å². The zero-order chi connectivity index (χ0) is 35.0. The number of fused-ring (bicyclic) bond motifs is 1. The summed E-state index contributed by atoms with van der Waals surface area (Å²) in [5, 5.41) is 4.47. The van der Waals surface area contributed by atoms with Gasteiger partial charge in [-0.05, 0) is 85.5 Å². The fourth-order valence-electron chi connectivity index (χ4n) is 6.80. The second kappa shape index (κ2) is 16.3. The van der Waals surface area contributed by atoms with Crippen LogP contribution in [0.5, 0.6) is 17.2 Å². The van der Waals surface area contributed by atoms with Crippen molar-refractivity contribution in [2.24, 2.45) is 0 Å². The van der Waals surface area contributed by atoms with Gasteiger partial charge in [0.25, 0.3) is 5.91 Å². The summed E-state index contributed by atoms with van der Waals surface area (Å²) >= 11 is 6.45. The predicted octanol–water partition coefficient (Wildman–Crippen LogP) is 6.98. The topological polar surface area (TPSA) is 94.0 Å². The standard InChI is InChI=1S/C39H45ClN6O4/c1-44(38(47)30-23-35(48-2)37(50-4)36(24-30)49-3)26-29(28-8-7-9-31(40)22-28)14-19-45-20-15-32(16-21-45)42-39-43-33-10-5-6-11-34(33)46(39)25-27-12-17-41-18-13-27/h5-13,17-18,22-24,29,32H,14-16,19-21,25-26H2,1-4H3,(H,42,43). The number of piperidine rings is 1. The number of pyridine rings is 1. The van der Waals surface area contributed by atoms with Gasteiger partial charge in [0, 0.05) is 61.6 Å². The lowest BCUT2D eigenvalue weighted by molar-refractivity contribution is 0.0781. The van der Waals surface area contributed by atoms with Crippen LogP contribution in [0.1, 0.15) is 46.7 Å². The minimum absolute atomic E-state index is 0.0913. The van der Waals surface area contributed by atoms with E-state index in [1.807, 2.05) is 43.7 Å². The molecule has 1 saturated heterocycles. The Hall–Kier alpha value is -4.80. The van der Waals surface area contributed by atoms with E-state index in [4.69, 9.17) is 30.8 Å². The Morgan fingerprint density at radius 2 is 1.68 bits per heavy atom. The first kappa shape index (κ1) is 35.0. The molecule has 0 spiro atoms. The molecule has 1 atom stereocenters. The lowest BCUT2D eigenvalue weighted by Crippen LogP contribution is -2.40. The smallest absolute Gasteiger partial charge is 0.253 e. The molecule has 1 unspecified atom stereocenters. The van der Waals surface area contributed by atoms with Gasteiger partial charge in [0.1, 0.15) is 0 Å². The van der Waals surface area contributed by atoms with Crippen LogP contribution in [0.4, 0.5) is 5.95 Å². The van der Waals surface area contributed by atoms with Crippen LogP contribution < -0.4 is 19.5 Å². The number of carbonyl (C=O) groups excluding carboxylic acids is 1. The van der Waals surface area contributed by atoms with Gasteiger partial charge in [-0.2, -0.15) is 0 Å². The van der Waals surface area contributed by atoms with Crippen LogP contribution in [0.15, 0.2) is 85.2 Å². The summed E-state index contributed by atoms with van der Waals surface area (Å²) < 4.78 is 18.7. The molecule has 1 N–H and O–H groups in total. The highest BCUT2D eigenvalue weighted by molar-refractivity contribution is 6.30. The highest BCUT2D eigenvalue weighted by atomic mass is 35.5. The van der Waals surface area contributed by atoms with Crippen molar-refractivity contribution >= 4 is 34.5 Å². The molecule has 1 aliphatic heterocycles. The molecule has 5 aromatic rings. The first-order chi connectivity index (χ1) is 24.4. The predicted molar refractivity (Wildman–Crippen MR) is 198 cm³/mol. The van der Waals surface area contributed by atoms with E-state index in [1.165, 1.54) is 5.56 Å². The Morgan fingerprint density at radius 1 is 0.960 bits per heavy atom. The van der Waals surface area contributed by atoms with Gasteiger partial charge in [-0.25, -0.2) is 4.98 Å². The summed E-state index contributed by atoms with van der Waals surface area (Å²) in [7, 11) is 6.47. The maximum atomic E-state index is 13.7. The van der Waals surface area contributed by atoms with Crippen molar-refractivity contribution in [2.45, 2.75) is 37.8 Å². The number of imidazole rings is 1. The molecule has 0 saturated carbocycles. The Morgan fingerprint density at radius 3 is 2.36 bits per heavy atom. The number of likely N-dealkylation sites (tertiary alicyclic amines) is 1. The molecule has 3 aromatic carbocycles. The number of likely N-dealkylation sites (N-methyl/N-ethyl adjacent to an activating group) is 1. The Bertz CT molecular complexity index is 1870. The second-order valence-electron chi connectivity index (χ2n) is 12.8. The van der Waals surface area contributed by atoms with E-state index >= 15 is 0 Å². The van der Waals surface area contributed by atoms with Crippen LogP contribution in [0.3, 0.4) is 0 Å². The number of hydrogen-bond acceptors (Lipinski definition) is 8. The summed E-state index contributed by atoms with van der Waals surface area (Å²) in [6.07, 6.45) is 6.58. The lowest BCUT2D eigenvalue weighted by atomic mass is 9.94. The molecule has 0 bridgehead atoms. The van der Waals surface area contributed by atoms with Crippen LogP contribution in [0.2, 0.25) is 5.02 Å². The van der Waals surface area contributed by atoms with E-state index in [1.54, 1.807) is 38.4 Å². The number of carbonyl (C=O) groups is 1. The number of ether oxygens (including phenoxy) is 3. The average molecular weight is 697 g/mol. The molecular formula is C39H45ClN6O4. The number of nitrogens with zero attached hydrogens (tertiary/aromatic N) is 5. The molecule has 10 nitrogen and oxygen atoms in total. The molecule has 0 radical (unpaired) electrons. The van der Waals surface area contributed by atoms with Crippen molar-refractivity contribution in [3.63, 3.8) is 0 Å². The number of aromatic nitrogens is 3. The number of hydrogen-bond donors (Lipinski definition) is 1. The normalized spacial score (nSPS) is 14.3. The molecule has 50 heavy (non-hydrogen) atoms. The summed E-state index contributed by atoms with van der Waals surface area (Å²) in [5.74, 6) is 2.21. The van der Waals surface area contributed by atoms with Crippen LogP contribution in [0.25, 0.3) is 11.0 Å². The minimum atomic E-state index is -0.127. The van der Waals surface area contributed by atoms with Crippen molar-refractivity contribution in [2.75, 3.05) is 59.9 Å². The number of benzene rings is 3. The Labute approximate surface area is 298 Å². The molecule has 3 heterocycles. The zero-order valence-electron chi connectivity index (χ0n) is 29.1. The van der Waals surface area contributed by atoms with Crippen LogP contribution in [-0.4, -0.2) is 90.8 Å². The van der Waals surface area contributed by atoms with Gasteiger partial charge in [0.15, 0.2) is 11.5 Å². The third-order valence-electron chi connectivity index (χ3n) is 9.53. The number of nitrogens with one attached hydrogen (secondary N) is 1. The van der Waals surface area contributed by atoms with E-state index in [9.17, 15) is 4.79 Å². The first-order valence-electron chi connectivity index (χ1n) is 17.0. The minimum Gasteiger partial charge on any atom is -0.493 e. The first-order valence-corrected chi connectivity index (χ1v) is 17.4. The van der Waals surface area contributed by atoms with Crippen molar-refractivity contribution in [1.29, 1.82) is 0 Å². The van der Waals surface area contributed by atoms with E-state index in [0.717, 1.165) is 68.0 Å². The second-order valence-corrected chi connectivity index (χ2v) is 13.2. The zero-order valence-corrected chi connectivity index (χ0v) is 29.9. The van der Waals surface area contributed by atoms with E-state index < -0.39 is 0 Å². The average Bonchev–Trinajstić information content (AvgIpc) is 3.49. The van der Waals surface area contributed by atoms with Crippen molar-refractivity contribution < 1.29 is 19.0 Å². The maximum absolute atomic E-state index is 13.7. The summed E-state index contributed by atoms with van der Waals surface area (Å²) in [6.45, 7) is 4.12. The van der Waals surface area contributed by atoms with E-state index in [2.05, 4.69) is 56.2 Å². The quantitative estimate of drug-likeness (QED) is 0.133. The molecule has 1 fully saturated rings. The molecule has 11 heteroatoms. The third-order valence-corrected chi connectivity index (χ3v) is 9.77. The summed E-state index contributed by atoms with van der Waals surface area (Å²) in [4.78, 5) is 27.2. The van der Waals surface area contributed by atoms with Crippen LogP contribution >= 0.6 is 11.6 Å². The highest BCUT2D eigenvalue weighted by Gasteiger charge is 2.25. The number of halogens is 1. The van der Waals surface area contributed by atoms with Gasteiger partial charge in [0.05, 0.1) is 38.9 Å². The molecule has 1 aliphatic rings. The fourth-order valence-corrected chi connectivity index (χ4v) is 7.00. The molecule has 1 amide bonds. The van der Waals surface area contributed by atoms with E-state index in [-0.39, 0.29) is 11.8 Å². The summed E-state index contributed by atoms with van der Waals surface area (Å²) in [6, 6.07) is 24.1. The van der Waals surface area contributed by atoms with Crippen LogP contribution in [0, 0.1) is 0 Å². The number of para-hydroxylation sites is 2. The molecule has 2 aromatic heterocycles. The van der Waals surface area contributed by atoms with Gasteiger partial charge < -0.3 is 33.9 Å². The monoisotopic (exact) mass is 696 g/mol. The molecular weight excluding hydrogens is 652 g/mol. The Kier molecular flexibility index (Phi) is 11.4. The van der Waals surface area contributed by atoms with Crippen molar-refractivity contribution in [1.82, 2.24) is 24.3 Å². The van der Waals surface area contributed by atoms with Gasteiger partial charge in [-0.1, -0.05) is 35.9 Å².